The van der Waals surface area contributed by atoms with E-state index in [4.69, 9.17) is 11.6 Å². The summed E-state index contributed by atoms with van der Waals surface area (Å²) in [5, 5.41) is 1.45. The normalized spacial score (nSPS) is 13.7. The highest BCUT2D eigenvalue weighted by atomic mass is 35.5. The lowest BCUT2D eigenvalue weighted by atomic mass is 10.2. The SMILES string of the molecule is C=S(=O)(c1ccc(Cl)cc1)c1nc(-c2ccccc2F)sc1C. The number of aryl methyl sites for hydroxylation is 1. The molecule has 0 amide bonds. The van der Waals surface area contributed by atoms with E-state index >= 15 is 0 Å². The predicted octanol–water partition coefficient (Wildman–Crippen LogP) is 5.05. The minimum Gasteiger partial charge on any atom is -0.257 e. The van der Waals surface area contributed by atoms with Gasteiger partial charge in [-0.1, -0.05) is 23.7 Å². The van der Waals surface area contributed by atoms with Gasteiger partial charge in [-0.2, -0.15) is 0 Å². The van der Waals surface area contributed by atoms with Crippen LogP contribution in [-0.4, -0.2) is 15.1 Å². The van der Waals surface area contributed by atoms with E-state index in [1.807, 2.05) is 6.92 Å². The fourth-order valence-electron chi connectivity index (χ4n) is 2.20. The van der Waals surface area contributed by atoms with Crippen LogP contribution >= 0.6 is 22.9 Å². The molecule has 0 saturated heterocycles. The lowest BCUT2D eigenvalue weighted by molar-refractivity contribution is 0.631. The molecule has 1 atom stereocenters. The molecule has 1 heterocycles. The van der Waals surface area contributed by atoms with Crippen LogP contribution in [0, 0.1) is 12.7 Å². The van der Waals surface area contributed by atoms with Gasteiger partial charge in [-0.3, -0.25) is 4.21 Å². The largest absolute Gasteiger partial charge is 0.257 e. The van der Waals surface area contributed by atoms with Crippen molar-refractivity contribution in [1.82, 2.24) is 4.98 Å². The average Bonchev–Trinajstić information content (AvgIpc) is 2.90. The number of rotatable bonds is 3. The van der Waals surface area contributed by atoms with Gasteiger partial charge in [-0.25, -0.2) is 9.37 Å². The Balaban J connectivity index is 2.11. The Bertz CT molecular complexity index is 963. The van der Waals surface area contributed by atoms with Gasteiger partial charge < -0.3 is 0 Å². The third-order valence-electron chi connectivity index (χ3n) is 3.37. The zero-order chi connectivity index (χ0) is 16.6. The molecule has 0 radical (unpaired) electrons. The molecule has 1 unspecified atom stereocenters. The van der Waals surface area contributed by atoms with Gasteiger partial charge in [0.2, 0.25) is 0 Å². The Kier molecular flexibility index (Phi) is 4.27. The number of hydrogen-bond acceptors (Lipinski definition) is 3. The Morgan fingerprint density at radius 3 is 2.48 bits per heavy atom. The van der Waals surface area contributed by atoms with Crippen LogP contribution in [0.25, 0.3) is 10.6 Å². The zero-order valence-corrected chi connectivity index (χ0v) is 14.6. The van der Waals surface area contributed by atoms with Gasteiger partial charge in [0.25, 0.3) is 0 Å². The molecular weight excluding hydrogens is 353 g/mol. The van der Waals surface area contributed by atoms with Gasteiger partial charge in [-0.05, 0) is 49.2 Å². The monoisotopic (exact) mass is 365 g/mol. The number of thiazole rings is 1. The molecule has 0 aliphatic carbocycles. The zero-order valence-electron chi connectivity index (χ0n) is 12.3. The summed E-state index contributed by atoms with van der Waals surface area (Å²) >= 11 is 7.18. The minimum atomic E-state index is -2.77. The van der Waals surface area contributed by atoms with E-state index in [0.29, 0.717) is 25.5 Å². The Hall–Kier alpha value is -1.69. The topological polar surface area (TPSA) is 30.0 Å². The molecule has 0 aliphatic heterocycles. The van der Waals surface area contributed by atoms with Gasteiger partial charge in [0.05, 0.1) is 0 Å². The molecule has 0 aliphatic rings. The van der Waals surface area contributed by atoms with Crippen LogP contribution in [0.1, 0.15) is 4.88 Å². The molecule has 2 aromatic carbocycles. The van der Waals surface area contributed by atoms with Crippen molar-refractivity contribution < 1.29 is 8.60 Å². The van der Waals surface area contributed by atoms with E-state index in [9.17, 15) is 8.60 Å². The summed E-state index contributed by atoms with van der Waals surface area (Å²) in [7, 11) is -2.77. The molecular formula is C17H13ClFNOS2. The average molecular weight is 366 g/mol. The lowest BCUT2D eigenvalue weighted by Gasteiger charge is -2.07. The third-order valence-corrected chi connectivity index (χ3v) is 6.81. The molecule has 3 aromatic rings. The molecule has 1 aromatic heterocycles. The maximum absolute atomic E-state index is 13.9. The van der Waals surface area contributed by atoms with E-state index < -0.39 is 9.52 Å². The smallest absolute Gasteiger partial charge is 0.137 e. The van der Waals surface area contributed by atoms with E-state index in [1.165, 1.54) is 17.4 Å². The third kappa shape index (κ3) is 3.04. The van der Waals surface area contributed by atoms with Gasteiger partial charge in [0.15, 0.2) is 0 Å². The van der Waals surface area contributed by atoms with Crippen molar-refractivity contribution in [2.75, 3.05) is 0 Å². The van der Waals surface area contributed by atoms with Gasteiger partial charge >= 0.3 is 0 Å². The number of halogens is 2. The second-order valence-corrected chi connectivity index (χ2v) is 8.84. The first kappa shape index (κ1) is 16.2. The van der Waals surface area contributed by atoms with Gasteiger partial charge in [-0.15, -0.1) is 11.3 Å². The molecule has 0 bridgehead atoms. The number of benzene rings is 2. The summed E-state index contributed by atoms with van der Waals surface area (Å²) in [6.45, 7) is 1.82. The van der Waals surface area contributed by atoms with E-state index in [-0.39, 0.29) is 5.82 Å². The molecule has 0 spiro atoms. The van der Waals surface area contributed by atoms with Gasteiger partial charge in [0.1, 0.15) is 15.9 Å². The first-order valence-electron chi connectivity index (χ1n) is 6.75. The predicted molar refractivity (Wildman–Crippen MR) is 95.5 cm³/mol. The van der Waals surface area contributed by atoms with E-state index in [2.05, 4.69) is 10.9 Å². The van der Waals surface area contributed by atoms with E-state index in [0.717, 1.165) is 4.88 Å². The van der Waals surface area contributed by atoms with Crippen molar-refractivity contribution in [1.29, 1.82) is 0 Å². The number of hydrogen-bond donors (Lipinski definition) is 0. The van der Waals surface area contributed by atoms with Gasteiger partial charge in [0, 0.05) is 29.9 Å². The van der Waals surface area contributed by atoms with Crippen molar-refractivity contribution in [2.45, 2.75) is 16.8 Å². The highest BCUT2D eigenvalue weighted by Crippen LogP contribution is 2.34. The fraction of sp³-hybridized carbons (Fsp3) is 0.0588. The second kappa shape index (κ2) is 6.07. The van der Waals surface area contributed by atoms with Crippen molar-refractivity contribution in [3.63, 3.8) is 0 Å². The second-order valence-electron chi connectivity index (χ2n) is 4.99. The molecule has 3 rings (SSSR count). The Morgan fingerprint density at radius 2 is 1.83 bits per heavy atom. The summed E-state index contributed by atoms with van der Waals surface area (Å²) in [5.41, 5.74) is 0.401. The van der Waals surface area contributed by atoms with Crippen molar-refractivity contribution in [2.24, 2.45) is 0 Å². The van der Waals surface area contributed by atoms with Crippen molar-refractivity contribution in [3.05, 3.63) is 64.2 Å². The number of aromatic nitrogens is 1. The fourth-order valence-corrected chi connectivity index (χ4v) is 5.25. The number of nitrogens with zero attached hydrogens (tertiary/aromatic N) is 1. The summed E-state index contributed by atoms with van der Waals surface area (Å²) < 4.78 is 27.1. The molecule has 118 valence electrons. The van der Waals surface area contributed by atoms with Crippen LogP contribution < -0.4 is 0 Å². The lowest BCUT2D eigenvalue weighted by Crippen LogP contribution is -2.03. The first-order chi connectivity index (χ1) is 10.9. The highest BCUT2D eigenvalue weighted by Gasteiger charge is 2.20. The molecule has 0 saturated carbocycles. The summed E-state index contributed by atoms with van der Waals surface area (Å²) in [4.78, 5) is 5.73. The first-order valence-corrected chi connectivity index (χ1v) is 9.67. The van der Waals surface area contributed by atoms with Crippen LogP contribution in [0.3, 0.4) is 0 Å². The van der Waals surface area contributed by atoms with Crippen molar-refractivity contribution in [3.8, 4) is 10.6 Å². The van der Waals surface area contributed by atoms with Crippen LogP contribution in [-0.2, 0) is 9.52 Å². The van der Waals surface area contributed by atoms with Crippen LogP contribution in [0.15, 0.2) is 58.5 Å². The highest BCUT2D eigenvalue weighted by molar-refractivity contribution is 8.00. The summed E-state index contributed by atoms with van der Waals surface area (Å²) in [5.74, 6) is 3.51. The molecule has 6 heteroatoms. The Morgan fingerprint density at radius 1 is 1.17 bits per heavy atom. The summed E-state index contributed by atoms with van der Waals surface area (Å²) in [6, 6.07) is 13.1. The molecule has 23 heavy (non-hydrogen) atoms. The molecule has 0 N–H and O–H groups in total. The quantitative estimate of drug-likeness (QED) is 0.608. The minimum absolute atomic E-state index is 0.352. The van der Waals surface area contributed by atoms with Crippen LogP contribution in [0.4, 0.5) is 4.39 Å². The maximum Gasteiger partial charge on any atom is 0.137 e. The standard InChI is InChI=1S/C17H13ClFNOS2/c1-11-17(23(2,21)13-9-7-12(18)8-10-13)20-16(22-11)14-5-3-4-6-15(14)19/h3-10H,2H2,1H3. The van der Waals surface area contributed by atoms with Crippen LogP contribution in [0.5, 0.6) is 0 Å². The van der Waals surface area contributed by atoms with E-state index in [1.54, 1.807) is 42.5 Å². The van der Waals surface area contributed by atoms with Crippen LogP contribution in [0.2, 0.25) is 5.02 Å². The molecule has 0 fully saturated rings. The maximum atomic E-state index is 13.9. The summed E-state index contributed by atoms with van der Waals surface area (Å²) in [6.07, 6.45) is 0. The Labute approximate surface area is 143 Å². The van der Waals surface area contributed by atoms with Crippen molar-refractivity contribution >= 4 is 38.3 Å². The molecule has 2 nitrogen and oxygen atoms in total.